The van der Waals surface area contributed by atoms with Crippen LogP contribution in [0.15, 0.2) is 25.0 Å². The Morgan fingerprint density at radius 3 is 1.84 bits per heavy atom. The highest BCUT2D eigenvalue weighted by Gasteiger charge is 2.32. The molecule has 2 rings (SSSR count). The molecule has 0 radical (unpaired) electrons. The summed E-state index contributed by atoms with van der Waals surface area (Å²) in [6.07, 6.45) is 5.50. The SMILES string of the molecule is CCC(C)C(N)C(=O)NC(Cc1cnc[nH]1)C(=O)NC(CC(N)=O)C(=O)NC(Cc1cnc[nH]1)C(=O)O. The van der Waals surface area contributed by atoms with Crippen molar-refractivity contribution in [1.29, 1.82) is 0 Å². The molecule has 0 fully saturated rings. The van der Waals surface area contributed by atoms with Crippen LogP contribution < -0.4 is 27.4 Å². The summed E-state index contributed by atoms with van der Waals surface area (Å²) in [6.45, 7) is 3.67. The zero-order valence-corrected chi connectivity index (χ0v) is 20.6. The van der Waals surface area contributed by atoms with E-state index in [-0.39, 0.29) is 18.8 Å². The normalized spacial score (nSPS) is 15.0. The molecule has 15 nitrogen and oxygen atoms in total. The number of nitrogens with one attached hydrogen (secondary N) is 5. The lowest BCUT2D eigenvalue weighted by Crippen LogP contribution is -2.58. The summed E-state index contributed by atoms with van der Waals surface area (Å²) in [6, 6.07) is -4.95. The monoisotopic (exact) mass is 519 g/mol. The number of amides is 4. The molecular formula is C22H33N9O6. The number of H-pyrrole nitrogens is 2. The van der Waals surface area contributed by atoms with Gasteiger partial charge in [0.2, 0.25) is 23.6 Å². The Balaban J connectivity index is 2.19. The molecule has 0 spiro atoms. The number of primary amides is 1. The van der Waals surface area contributed by atoms with Crippen LogP contribution in [0.25, 0.3) is 0 Å². The smallest absolute Gasteiger partial charge is 0.326 e. The minimum absolute atomic E-state index is 0.0206. The summed E-state index contributed by atoms with van der Waals surface area (Å²) in [5.74, 6) is -4.73. The fourth-order valence-corrected chi connectivity index (χ4v) is 3.38. The molecule has 2 aromatic heterocycles. The fraction of sp³-hybridized carbons (Fsp3) is 0.500. The molecule has 0 aliphatic rings. The van der Waals surface area contributed by atoms with Gasteiger partial charge < -0.3 is 42.5 Å². The molecule has 2 heterocycles. The number of nitrogens with two attached hydrogens (primary N) is 2. The Bertz CT molecular complexity index is 1060. The number of hydrogen-bond donors (Lipinski definition) is 8. The van der Waals surface area contributed by atoms with Gasteiger partial charge in [-0.15, -0.1) is 0 Å². The Morgan fingerprint density at radius 2 is 1.38 bits per heavy atom. The maximum Gasteiger partial charge on any atom is 0.326 e. The van der Waals surface area contributed by atoms with E-state index in [2.05, 4.69) is 35.9 Å². The van der Waals surface area contributed by atoms with Crippen LogP contribution in [0.1, 0.15) is 38.1 Å². The lowest BCUT2D eigenvalue weighted by Gasteiger charge is -2.25. The van der Waals surface area contributed by atoms with Gasteiger partial charge in [0.05, 0.1) is 25.1 Å². The van der Waals surface area contributed by atoms with Gasteiger partial charge in [-0.05, 0) is 5.92 Å². The highest BCUT2D eigenvalue weighted by atomic mass is 16.4. The Hall–Kier alpha value is -4.27. The van der Waals surface area contributed by atoms with Gasteiger partial charge in [0.15, 0.2) is 0 Å². The predicted molar refractivity (Wildman–Crippen MR) is 129 cm³/mol. The highest BCUT2D eigenvalue weighted by Crippen LogP contribution is 2.08. The number of aromatic nitrogens is 4. The van der Waals surface area contributed by atoms with Crippen molar-refractivity contribution in [3.63, 3.8) is 0 Å². The van der Waals surface area contributed by atoms with E-state index in [1.165, 1.54) is 25.0 Å². The second kappa shape index (κ2) is 13.7. The van der Waals surface area contributed by atoms with Crippen molar-refractivity contribution in [2.45, 2.75) is 63.7 Å². The van der Waals surface area contributed by atoms with Gasteiger partial charge in [-0.3, -0.25) is 19.2 Å². The maximum absolute atomic E-state index is 13.2. The molecule has 0 aliphatic heterocycles. The van der Waals surface area contributed by atoms with Crippen LogP contribution in [-0.2, 0) is 36.8 Å². The van der Waals surface area contributed by atoms with Crippen LogP contribution in [0, 0.1) is 5.92 Å². The predicted octanol–water partition coefficient (Wildman–Crippen LogP) is -2.29. The number of hydrogen-bond acceptors (Lipinski definition) is 8. The first kappa shape index (κ1) is 29.0. The van der Waals surface area contributed by atoms with Crippen molar-refractivity contribution in [2.75, 3.05) is 0 Å². The van der Waals surface area contributed by atoms with E-state index < -0.39 is 60.2 Å². The van der Waals surface area contributed by atoms with Crippen LogP contribution in [0.5, 0.6) is 0 Å². The van der Waals surface area contributed by atoms with Crippen LogP contribution in [-0.4, -0.2) is 78.8 Å². The van der Waals surface area contributed by atoms with Crippen molar-refractivity contribution < 1.29 is 29.1 Å². The molecular weight excluding hydrogens is 486 g/mol. The number of aliphatic carboxylic acids is 1. The van der Waals surface area contributed by atoms with Crippen LogP contribution in [0.4, 0.5) is 0 Å². The first-order valence-corrected chi connectivity index (χ1v) is 11.6. The van der Waals surface area contributed by atoms with Crippen molar-refractivity contribution in [1.82, 2.24) is 35.9 Å². The Labute approximate surface area is 212 Å². The third-order valence-electron chi connectivity index (χ3n) is 5.80. The minimum atomic E-state index is -1.50. The van der Waals surface area contributed by atoms with Gasteiger partial charge in [-0.2, -0.15) is 0 Å². The van der Waals surface area contributed by atoms with E-state index in [9.17, 15) is 29.1 Å². The van der Waals surface area contributed by atoms with Crippen molar-refractivity contribution in [3.05, 3.63) is 36.4 Å². The van der Waals surface area contributed by atoms with Gasteiger partial charge in [0.1, 0.15) is 18.1 Å². The Kier molecular flexibility index (Phi) is 10.7. The third kappa shape index (κ3) is 9.03. The molecule has 0 bridgehead atoms. The van der Waals surface area contributed by atoms with E-state index in [4.69, 9.17) is 11.5 Å². The summed E-state index contributed by atoms with van der Waals surface area (Å²) >= 11 is 0. The molecule has 37 heavy (non-hydrogen) atoms. The van der Waals surface area contributed by atoms with Gasteiger partial charge in [-0.1, -0.05) is 20.3 Å². The molecule has 10 N–H and O–H groups in total. The second-order valence-electron chi connectivity index (χ2n) is 8.67. The number of carboxylic acid groups (broad SMARTS) is 1. The average Bonchev–Trinajstić information content (AvgIpc) is 3.55. The highest BCUT2D eigenvalue weighted by molar-refractivity contribution is 5.96. The fourth-order valence-electron chi connectivity index (χ4n) is 3.38. The number of nitrogens with zero attached hydrogens (tertiary/aromatic N) is 2. The largest absolute Gasteiger partial charge is 0.480 e. The number of aromatic amines is 2. The Morgan fingerprint density at radius 1 is 0.892 bits per heavy atom. The first-order valence-electron chi connectivity index (χ1n) is 11.6. The van der Waals surface area contributed by atoms with E-state index in [0.717, 1.165) is 0 Å². The summed E-state index contributed by atoms with van der Waals surface area (Å²) in [5, 5.41) is 16.8. The van der Waals surface area contributed by atoms with Crippen molar-refractivity contribution >= 4 is 29.6 Å². The second-order valence-corrected chi connectivity index (χ2v) is 8.67. The van der Waals surface area contributed by atoms with E-state index >= 15 is 0 Å². The lowest BCUT2D eigenvalue weighted by atomic mass is 9.98. The molecule has 5 atom stereocenters. The molecule has 15 heteroatoms. The molecule has 0 aliphatic carbocycles. The number of rotatable bonds is 15. The van der Waals surface area contributed by atoms with E-state index in [0.29, 0.717) is 17.8 Å². The average molecular weight is 520 g/mol. The molecule has 0 saturated heterocycles. The van der Waals surface area contributed by atoms with Gasteiger partial charge in [0, 0.05) is 36.6 Å². The number of carbonyl (C=O) groups excluding carboxylic acids is 4. The van der Waals surface area contributed by atoms with Crippen LogP contribution in [0.2, 0.25) is 0 Å². The summed E-state index contributed by atoms with van der Waals surface area (Å²) in [5.41, 5.74) is 12.2. The van der Waals surface area contributed by atoms with Crippen LogP contribution >= 0.6 is 0 Å². The van der Waals surface area contributed by atoms with Crippen LogP contribution in [0.3, 0.4) is 0 Å². The maximum atomic E-state index is 13.2. The zero-order valence-electron chi connectivity index (χ0n) is 20.6. The van der Waals surface area contributed by atoms with E-state index in [1.54, 1.807) is 6.92 Å². The van der Waals surface area contributed by atoms with Gasteiger partial charge in [-0.25, -0.2) is 14.8 Å². The quantitative estimate of drug-likeness (QED) is 0.126. The molecule has 202 valence electrons. The summed E-state index contributed by atoms with van der Waals surface area (Å²) in [7, 11) is 0. The molecule has 0 aromatic carbocycles. The topological polar surface area (TPSA) is 251 Å². The molecule has 4 amide bonds. The summed E-state index contributed by atoms with van der Waals surface area (Å²) in [4.78, 5) is 75.3. The number of imidazole rings is 2. The van der Waals surface area contributed by atoms with Gasteiger partial charge >= 0.3 is 5.97 Å². The molecule has 2 aromatic rings. The third-order valence-corrected chi connectivity index (χ3v) is 5.80. The zero-order chi connectivity index (χ0) is 27.5. The minimum Gasteiger partial charge on any atom is -0.480 e. The first-order chi connectivity index (χ1) is 17.5. The summed E-state index contributed by atoms with van der Waals surface area (Å²) < 4.78 is 0. The van der Waals surface area contributed by atoms with Crippen molar-refractivity contribution in [2.24, 2.45) is 17.4 Å². The molecule has 0 saturated carbocycles. The molecule has 5 unspecified atom stereocenters. The van der Waals surface area contributed by atoms with E-state index in [1.807, 2.05) is 6.92 Å². The number of carbonyl (C=O) groups is 5. The number of carboxylic acids is 1. The lowest BCUT2D eigenvalue weighted by molar-refractivity contribution is -0.142. The van der Waals surface area contributed by atoms with Gasteiger partial charge in [0.25, 0.3) is 0 Å². The van der Waals surface area contributed by atoms with Crippen molar-refractivity contribution in [3.8, 4) is 0 Å². The standard InChI is InChI=1S/C22H33N9O6/c1-3-11(2)18(24)21(35)30-14(4-12-7-25-9-27-12)19(33)29-15(6-17(23)32)20(34)31-16(22(36)37)5-13-8-26-10-28-13/h7-11,14-16,18H,3-6,24H2,1-2H3,(H2,23,32)(H,25,27)(H,26,28)(H,29,33)(H,30,35)(H,31,34)(H,36,37).